The summed E-state index contributed by atoms with van der Waals surface area (Å²) >= 11 is 0. The van der Waals surface area contributed by atoms with Crippen LogP contribution in [0.5, 0.6) is 11.5 Å². The number of hydrogen-bond donors (Lipinski definition) is 1. The number of ketones is 1. The molecule has 0 atom stereocenters. The molecule has 0 aliphatic rings. The molecule has 0 aliphatic heterocycles. The van der Waals surface area contributed by atoms with Crippen LogP contribution in [-0.4, -0.2) is 17.5 Å². The Morgan fingerprint density at radius 2 is 2.16 bits per heavy atom. The fourth-order valence-electron chi connectivity index (χ4n) is 1.56. The maximum Gasteiger partial charge on any atom is 0.159 e. The van der Waals surface area contributed by atoms with Crippen molar-refractivity contribution in [3.63, 3.8) is 0 Å². The van der Waals surface area contributed by atoms with E-state index in [0.717, 1.165) is 5.56 Å². The number of carbonyl (C=O) groups excluding carboxylic acids is 1. The van der Waals surface area contributed by atoms with Crippen LogP contribution in [0.3, 0.4) is 0 Å². The number of benzene rings is 1. The number of hydrogen-bond acceptors (Lipinski definition) is 3. The summed E-state index contributed by atoms with van der Waals surface area (Å²) in [6.45, 7) is 10.9. The summed E-state index contributed by atoms with van der Waals surface area (Å²) in [5, 5.41) is 9.32. The molecule has 0 bridgehead atoms. The lowest BCUT2D eigenvalue weighted by Gasteiger charge is -2.12. The number of allylic oxidation sites excluding steroid dienone is 2. The van der Waals surface area contributed by atoms with Crippen molar-refractivity contribution in [2.24, 2.45) is 0 Å². The van der Waals surface area contributed by atoms with Crippen LogP contribution in [-0.2, 0) is 4.79 Å². The Balaban J connectivity index is 2.83. The highest BCUT2D eigenvalue weighted by molar-refractivity contribution is 5.97. The van der Waals surface area contributed by atoms with Crippen molar-refractivity contribution in [3.8, 4) is 11.5 Å². The second-order valence-corrected chi connectivity index (χ2v) is 4.20. The number of rotatable bonds is 6. The first-order chi connectivity index (χ1) is 8.95. The van der Waals surface area contributed by atoms with Gasteiger partial charge in [0.1, 0.15) is 18.1 Å². The highest BCUT2D eigenvalue weighted by Crippen LogP contribution is 2.23. The molecule has 0 fully saturated rings. The average molecular weight is 258 g/mol. The number of Topliss-reactive ketones (excluding diaryl/α,β-unsaturated/α-hetero) is 1. The van der Waals surface area contributed by atoms with Gasteiger partial charge in [0.25, 0.3) is 0 Å². The van der Waals surface area contributed by atoms with Gasteiger partial charge in [0.15, 0.2) is 5.78 Å². The maximum absolute atomic E-state index is 11.3. The second kappa shape index (κ2) is 6.59. The van der Waals surface area contributed by atoms with E-state index in [1.807, 2.05) is 6.92 Å². The zero-order valence-electron chi connectivity index (χ0n) is 11.3. The molecule has 0 saturated carbocycles. The fraction of sp³-hybridized carbons (Fsp3) is 0.188. The van der Waals surface area contributed by atoms with E-state index >= 15 is 0 Å². The number of aromatic hydroxyl groups is 1. The van der Waals surface area contributed by atoms with E-state index in [0.29, 0.717) is 16.9 Å². The molecule has 0 aliphatic carbocycles. The number of aryl methyl sites for hydroxylation is 1. The summed E-state index contributed by atoms with van der Waals surface area (Å²) in [4.78, 5) is 11.3. The first-order valence-corrected chi connectivity index (χ1v) is 5.90. The van der Waals surface area contributed by atoms with Gasteiger partial charge >= 0.3 is 0 Å². The minimum atomic E-state index is -0.0980. The topological polar surface area (TPSA) is 46.5 Å². The number of phenols is 1. The third-order valence-corrected chi connectivity index (χ3v) is 2.67. The molecule has 1 aromatic rings. The Kier molecular flexibility index (Phi) is 5.12. The minimum absolute atomic E-state index is 0.0980. The van der Waals surface area contributed by atoms with Gasteiger partial charge in [-0.2, -0.15) is 0 Å². The van der Waals surface area contributed by atoms with Crippen molar-refractivity contribution in [1.82, 2.24) is 0 Å². The summed E-state index contributed by atoms with van der Waals surface area (Å²) in [7, 11) is 0. The third kappa shape index (κ3) is 4.14. The fourth-order valence-corrected chi connectivity index (χ4v) is 1.56. The van der Waals surface area contributed by atoms with E-state index in [2.05, 4.69) is 13.2 Å². The summed E-state index contributed by atoms with van der Waals surface area (Å²) in [6.07, 6.45) is 3.30. The van der Waals surface area contributed by atoms with Crippen LogP contribution in [0.2, 0.25) is 0 Å². The van der Waals surface area contributed by atoms with Crippen molar-refractivity contribution < 1.29 is 14.6 Å². The Hall–Kier alpha value is -2.29. The summed E-state index contributed by atoms with van der Waals surface area (Å²) < 4.78 is 5.64. The predicted molar refractivity (Wildman–Crippen MR) is 76.4 cm³/mol. The van der Waals surface area contributed by atoms with E-state index in [4.69, 9.17) is 4.74 Å². The van der Waals surface area contributed by atoms with E-state index in [1.54, 1.807) is 30.4 Å². The molecule has 0 heterocycles. The Bertz CT molecular complexity index is 539. The molecule has 3 heteroatoms. The van der Waals surface area contributed by atoms with E-state index in [-0.39, 0.29) is 18.1 Å². The summed E-state index contributed by atoms with van der Waals surface area (Å²) in [5.74, 6) is 0.753. The van der Waals surface area contributed by atoms with Gasteiger partial charge in [0, 0.05) is 5.57 Å². The molecule has 0 amide bonds. The Labute approximate surface area is 113 Å². The lowest BCUT2D eigenvalue weighted by Crippen LogP contribution is -2.08. The van der Waals surface area contributed by atoms with Gasteiger partial charge in [-0.15, -0.1) is 0 Å². The van der Waals surface area contributed by atoms with Gasteiger partial charge in [0.05, 0.1) is 0 Å². The highest BCUT2D eigenvalue weighted by Gasteiger charge is 2.09. The molecular weight excluding hydrogens is 240 g/mol. The van der Waals surface area contributed by atoms with Gasteiger partial charge in [-0.25, -0.2) is 0 Å². The van der Waals surface area contributed by atoms with Crippen LogP contribution < -0.4 is 4.74 Å². The van der Waals surface area contributed by atoms with Crippen molar-refractivity contribution in [2.45, 2.75) is 13.8 Å². The van der Waals surface area contributed by atoms with Crippen LogP contribution in [0.4, 0.5) is 0 Å². The quantitative estimate of drug-likeness (QED) is 0.629. The Morgan fingerprint density at radius 3 is 2.68 bits per heavy atom. The standard InChI is InChI=1S/C16H18O3/c1-5-6-14(12(3)13(4)17)10-19-16-8-7-15(18)9-11(16)2/h5-9,18H,1,3,10H2,2,4H3/b14-6-. The number of carbonyl (C=O) groups is 1. The van der Waals surface area contributed by atoms with Crippen molar-refractivity contribution in [3.05, 3.63) is 60.2 Å². The van der Waals surface area contributed by atoms with E-state index < -0.39 is 0 Å². The summed E-state index contributed by atoms with van der Waals surface area (Å²) in [6, 6.07) is 4.86. The van der Waals surface area contributed by atoms with Crippen LogP contribution in [0.25, 0.3) is 0 Å². The first-order valence-electron chi connectivity index (χ1n) is 5.90. The molecule has 19 heavy (non-hydrogen) atoms. The SMILES string of the molecule is C=C/C=C(/COc1ccc(O)cc1C)C(=C)C(C)=O. The molecule has 0 radical (unpaired) electrons. The van der Waals surface area contributed by atoms with Gasteiger partial charge < -0.3 is 9.84 Å². The van der Waals surface area contributed by atoms with E-state index in [9.17, 15) is 9.90 Å². The molecule has 0 spiro atoms. The zero-order chi connectivity index (χ0) is 14.4. The van der Waals surface area contributed by atoms with Crippen molar-refractivity contribution in [2.75, 3.05) is 6.61 Å². The smallest absolute Gasteiger partial charge is 0.159 e. The molecular formula is C16H18O3. The van der Waals surface area contributed by atoms with Crippen LogP contribution in [0.1, 0.15) is 12.5 Å². The van der Waals surface area contributed by atoms with Gasteiger partial charge in [-0.05, 0) is 43.2 Å². The van der Waals surface area contributed by atoms with E-state index in [1.165, 1.54) is 6.92 Å². The van der Waals surface area contributed by atoms with Gasteiger partial charge in [-0.3, -0.25) is 4.79 Å². The molecule has 3 nitrogen and oxygen atoms in total. The largest absolute Gasteiger partial charge is 0.508 e. The lowest BCUT2D eigenvalue weighted by atomic mass is 10.1. The zero-order valence-corrected chi connectivity index (χ0v) is 11.3. The van der Waals surface area contributed by atoms with Gasteiger partial charge in [-0.1, -0.05) is 25.3 Å². The second-order valence-electron chi connectivity index (χ2n) is 4.20. The average Bonchev–Trinajstić information content (AvgIpc) is 2.35. The van der Waals surface area contributed by atoms with Crippen LogP contribution in [0.15, 0.2) is 54.7 Å². The monoisotopic (exact) mass is 258 g/mol. The molecule has 0 saturated heterocycles. The molecule has 1 N–H and O–H groups in total. The normalized spacial score (nSPS) is 10.9. The highest BCUT2D eigenvalue weighted by atomic mass is 16.5. The molecule has 0 unspecified atom stereocenters. The maximum atomic E-state index is 11.3. The predicted octanol–water partition coefficient (Wildman–Crippen LogP) is 3.34. The lowest BCUT2D eigenvalue weighted by molar-refractivity contribution is -0.113. The van der Waals surface area contributed by atoms with Crippen LogP contribution in [0, 0.1) is 6.92 Å². The molecule has 1 rings (SSSR count). The van der Waals surface area contributed by atoms with Crippen LogP contribution >= 0.6 is 0 Å². The number of phenolic OH excluding ortho intramolecular Hbond substituents is 1. The minimum Gasteiger partial charge on any atom is -0.508 e. The third-order valence-electron chi connectivity index (χ3n) is 2.67. The summed E-state index contributed by atoms with van der Waals surface area (Å²) in [5.41, 5.74) is 1.93. The van der Waals surface area contributed by atoms with Crippen molar-refractivity contribution in [1.29, 1.82) is 0 Å². The Morgan fingerprint density at radius 1 is 1.47 bits per heavy atom. The van der Waals surface area contributed by atoms with Crippen molar-refractivity contribution >= 4 is 5.78 Å². The molecule has 1 aromatic carbocycles. The number of ether oxygens (including phenoxy) is 1. The molecule has 0 aromatic heterocycles. The first kappa shape index (κ1) is 14.8. The molecule has 100 valence electrons. The van der Waals surface area contributed by atoms with Gasteiger partial charge in [0.2, 0.25) is 0 Å².